The number of aliphatic hydroxyl groups is 1. The van der Waals surface area contributed by atoms with Gasteiger partial charge in [0.15, 0.2) is 5.78 Å². The highest BCUT2D eigenvalue weighted by Crippen LogP contribution is 2.36. The van der Waals surface area contributed by atoms with Crippen LogP contribution < -0.4 is 4.74 Å². The molecule has 6 nitrogen and oxygen atoms in total. The van der Waals surface area contributed by atoms with Crippen LogP contribution in [0.15, 0.2) is 64.0 Å². The van der Waals surface area contributed by atoms with Crippen LogP contribution in [0, 0.1) is 0 Å². The van der Waals surface area contributed by atoms with Crippen LogP contribution in [0.4, 0.5) is 0 Å². The summed E-state index contributed by atoms with van der Waals surface area (Å²) in [5, 5.41) is 14.2. The number of nitrogens with zero attached hydrogens (tertiary/aromatic N) is 2. The van der Waals surface area contributed by atoms with E-state index in [9.17, 15) is 9.90 Å². The lowest BCUT2D eigenvalue weighted by molar-refractivity contribution is -0.116. The van der Waals surface area contributed by atoms with Gasteiger partial charge in [0, 0.05) is 41.8 Å². The number of Topliss-reactive ketones (excluding diaryl/α,β-unsaturated/α-hetero) is 1. The largest absolute Gasteiger partial charge is 0.512 e. The van der Waals surface area contributed by atoms with Gasteiger partial charge in [0.1, 0.15) is 12.4 Å². The lowest BCUT2D eigenvalue weighted by atomic mass is 9.81. The molecule has 1 aliphatic carbocycles. The maximum Gasteiger partial charge on any atom is 0.219 e. The number of allylic oxidation sites excluding steroid dienone is 2. The van der Waals surface area contributed by atoms with Crippen molar-refractivity contribution in [1.82, 2.24) is 4.98 Å². The standard InChI is InChI=1S/C23H26N2O4S/c1-3-28-25-11-5-8-20-21(26)13-17(14-22(20)27)16-6-4-7-18(12-16)29-23-10-9-19(30-2)15-24-23/h4,6-7,9-12,15,17,26H,3,5,8,13-14H2,1-2H3. The van der Waals surface area contributed by atoms with Gasteiger partial charge in [-0.1, -0.05) is 17.3 Å². The summed E-state index contributed by atoms with van der Waals surface area (Å²) in [4.78, 5) is 22.9. The number of rotatable bonds is 9. The molecule has 30 heavy (non-hydrogen) atoms. The van der Waals surface area contributed by atoms with E-state index < -0.39 is 0 Å². The molecule has 2 aromatic rings. The number of aromatic nitrogens is 1. The Morgan fingerprint density at radius 2 is 2.17 bits per heavy atom. The zero-order valence-corrected chi connectivity index (χ0v) is 18.0. The molecule has 3 rings (SSSR count). The van der Waals surface area contributed by atoms with Gasteiger partial charge in [-0.25, -0.2) is 4.98 Å². The van der Waals surface area contributed by atoms with E-state index in [1.165, 1.54) is 0 Å². The molecule has 1 aliphatic rings. The van der Waals surface area contributed by atoms with Gasteiger partial charge in [-0.2, -0.15) is 0 Å². The molecule has 0 aliphatic heterocycles. The topological polar surface area (TPSA) is 81.0 Å². The Labute approximate surface area is 181 Å². The molecule has 1 atom stereocenters. The molecule has 0 radical (unpaired) electrons. The Morgan fingerprint density at radius 3 is 2.87 bits per heavy atom. The highest BCUT2D eigenvalue weighted by molar-refractivity contribution is 7.98. The number of hydrogen-bond donors (Lipinski definition) is 1. The maximum atomic E-state index is 12.6. The fourth-order valence-electron chi connectivity index (χ4n) is 3.35. The summed E-state index contributed by atoms with van der Waals surface area (Å²) in [5.74, 6) is 1.25. The smallest absolute Gasteiger partial charge is 0.219 e. The zero-order valence-electron chi connectivity index (χ0n) is 17.2. The average molecular weight is 427 g/mol. The number of carbonyl (C=O) groups is 1. The number of ether oxygens (including phenoxy) is 1. The molecule has 0 bridgehead atoms. The number of oxime groups is 1. The quantitative estimate of drug-likeness (QED) is 0.317. The second-order valence-corrected chi connectivity index (χ2v) is 7.79. The van der Waals surface area contributed by atoms with Crippen LogP contribution in [0.1, 0.15) is 44.1 Å². The first-order valence-electron chi connectivity index (χ1n) is 9.96. The maximum absolute atomic E-state index is 12.6. The van der Waals surface area contributed by atoms with Crippen LogP contribution in [0.25, 0.3) is 0 Å². The van der Waals surface area contributed by atoms with E-state index in [1.807, 2.05) is 49.6 Å². The Morgan fingerprint density at radius 1 is 1.30 bits per heavy atom. The predicted molar refractivity (Wildman–Crippen MR) is 119 cm³/mol. The second-order valence-electron chi connectivity index (χ2n) is 6.91. The molecule has 0 saturated carbocycles. The molecule has 1 unspecified atom stereocenters. The minimum atomic E-state index is -0.0753. The van der Waals surface area contributed by atoms with E-state index in [-0.39, 0.29) is 17.5 Å². The first-order valence-corrected chi connectivity index (χ1v) is 11.2. The molecule has 0 amide bonds. The molecule has 7 heteroatoms. The van der Waals surface area contributed by atoms with Gasteiger partial charge in [0.25, 0.3) is 0 Å². The minimum Gasteiger partial charge on any atom is -0.512 e. The van der Waals surface area contributed by atoms with E-state index >= 15 is 0 Å². The fraction of sp³-hybridized carbons (Fsp3) is 0.348. The Balaban J connectivity index is 1.66. The van der Waals surface area contributed by atoms with Crippen molar-refractivity contribution in [3.63, 3.8) is 0 Å². The van der Waals surface area contributed by atoms with Gasteiger partial charge in [-0.15, -0.1) is 11.8 Å². The first kappa shape index (κ1) is 21.9. The van der Waals surface area contributed by atoms with Gasteiger partial charge < -0.3 is 14.7 Å². The Bertz CT molecular complexity index is 925. The first-order chi connectivity index (χ1) is 14.6. The van der Waals surface area contributed by atoms with Gasteiger partial charge >= 0.3 is 0 Å². The number of carbonyl (C=O) groups excluding carboxylic acids is 1. The summed E-state index contributed by atoms with van der Waals surface area (Å²) in [6.45, 7) is 2.36. The van der Waals surface area contributed by atoms with E-state index in [2.05, 4.69) is 10.1 Å². The van der Waals surface area contributed by atoms with Crippen molar-refractivity contribution in [2.45, 2.75) is 43.4 Å². The van der Waals surface area contributed by atoms with Crippen molar-refractivity contribution < 1.29 is 19.5 Å². The van der Waals surface area contributed by atoms with Gasteiger partial charge in [-0.05, 0) is 55.7 Å². The second kappa shape index (κ2) is 10.8. The van der Waals surface area contributed by atoms with Gasteiger partial charge in [0.05, 0.1) is 5.76 Å². The highest BCUT2D eigenvalue weighted by atomic mass is 32.2. The lowest BCUT2D eigenvalue weighted by Crippen LogP contribution is -2.18. The summed E-state index contributed by atoms with van der Waals surface area (Å²) >= 11 is 1.62. The van der Waals surface area contributed by atoms with Crippen molar-refractivity contribution in [2.24, 2.45) is 5.16 Å². The minimum absolute atomic E-state index is 0.0193. The van der Waals surface area contributed by atoms with E-state index in [0.717, 1.165) is 10.5 Å². The molecule has 0 spiro atoms. The molecule has 158 valence electrons. The van der Waals surface area contributed by atoms with Crippen LogP contribution >= 0.6 is 11.8 Å². The van der Waals surface area contributed by atoms with Crippen molar-refractivity contribution in [2.75, 3.05) is 12.9 Å². The summed E-state index contributed by atoms with van der Waals surface area (Å²) in [7, 11) is 0. The van der Waals surface area contributed by atoms with Crippen LogP contribution in [-0.4, -0.2) is 35.0 Å². The molecular formula is C23H26N2O4S. The van der Waals surface area contributed by atoms with Crippen molar-refractivity contribution in [1.29, 1.82) is 0 Å². The Kier molecular flexibility index (Phi) is 7.90. The van der Waals surface area contributed by atoms with E-state index in [1.54, 1.807) is 24.2 Å². The van der Waals surface area contributed by atoms with Crippen LogP contribution in [0.3, 0.4) is 0 Å². The summed E-state index contributed by atoms with van der Waals surface area (Å²) in [5.41, 5.74) is 1.46. The molecule has 0 saturated heterocycles. The van der Waals surface area contributed by atoms with Crippen LogP contribution in [0.2, 0.25) is 0 Å². The third-order valence-corrected chi connectivity index (χ3v) is 5.57. The zero-order chi connectivity index (χ0) is 21.3. The number of benzene rings is 1. The number of thioether (sulfide) groups is 1. The average Bonchev–Trinajstić information content (AvgIpc) is 2.76. The van der Waals surface area contributed by atoms with Crippen molar-refractivity contribution >= 4 is 23.8 Å². The highest BCUT2D eigenvalue weighted by Gasteiger charge is 2.28. The monoisotopic (exact) mass is 426 g/mol. The van der Waals surface area contributed by atoms with Crippen molar-refractivity contribution in [3.05, 3.63) is 59.5 Å². The SMILES string of the molecule is CCON=CCCC1=C(O)CC(c2cccc(Oc3ccc(SC)cn3)c2)CC1=O. The van der Waals surface area contributed by atoms with Gasteiger partial charge in [-0.3, -0.25) is 4.79 Å². The number of ketones is 1. The molecular weight excluding hydrogens is 400 g/mol. The molecule has 0 fully saturated rings. The number of aliphatic hydroxyl groups excluding tert-OH is 1. The Hall–Kier alpha value is -2.80. The van der Waals surface area contributed by atoms with E-state index in [4.69, 9.17) is 9.57 Å². The molecule has 1 aromatic heterocycles. The fourth-order valence-corrected chi connectivity index (χ4v) is 3.71. The molecule has 1 heterocycles. The van der Waals surface area contributed by atoms with Crippen molar-refractivity contribution in [3.8, 4) is 11.6 Å². The lowest BCUT2D eigenvalue weighted by Gasteiger charge is -2.24. The molecule has 1 N–H and O–H groups in total. The number of hydrogen-bond acceptors (Lipinski definition) is 7. The van der Waals surface area contributed by atoms with Gasteiger partial charge in [0.2, 0.25) is 5.88 Å². The summed E-state index contributed by atoms with van der Waals surface area (Å²) in [6, 6.07) is 11.4. The predicted octanol–water partition coefficient (Wildman–Crippen LogP) is 5.66. The van der Waals surface area contributed by atoms with Crippen LogP contribution in [0.5, 0.6) is 11.6 Å². The number of pyridine rings is 1. The molecule has 1 aromatic carbocycles. The third kappa shape index (κ3) is 5.86. The summed E-state index contributed by atoms with van der Waals surface area (Å²) < 4.78 is 5.86. The third-order valence-electron chi connectivity index (χ3n) is 4.85. The normalized spacial score (nSPS) is 16.9. The van der Waals surface area contributed by atoms with Crippen LogP contribution in [-0.2, 0) is 9.63 Å². The van der Waals surface area contributed by atoms with E-state index in [0.29, 0.717) is 49.5 Å². The summed E-state index contributed by atoms with van der Waals surface area (Å²) in [6.07, 6.45) is 7.23.